The molecule has 0 fully saturated rings. The van der Waals surface area contributed by atoms with E-state index in [0.29, 0.717) is 0 Å². The molecule has 0 aliphatic rings. The molecule has 13 heavy (non-hydrogen) atoms. The third-order valence-electron chi connectivity index (χ3n) is 2.34. The third-order valence-corrected chi connectivity index (χ3v) is 2.34. The number of hydrogen-bond donors (Lipinski definition) is 3. The Balaban J connectivity index is 4.15. The SMILES string of the molecule is CC=C[C@@H](O)[C@H](C)[C@@H](O)[C@@H](C)CO. The molecule has 0 unspecified atom stereocenters. The van der Waals surface area contributed by atoms with Crippen LogP contribution in [0.25, 0.3) is 0 Å². The first kappa shape index (κ1) is 12.6. The number of rotatable bonds is 5. The molecule has 0 amide bonds. The molecule has 0 aromatic heterocycles. The van der Waals surface area contributed by atoms with E-state index in [9.17, 15) is 10.2 Å². The van der Waals surface area contributed by atoms with Gasteiger partial charge in [-0.05, 0) is 6.92 Å². The molecule has 0 aliphatic heterocycles. The van der Waals surface area contributed by atoms with Gasteiger partial charge >= 0.3 is 0 Å². The molecule has 3 N–H and O–H groups in total. The monoisotopic (exact) mass is 188 g/mol. The molecule has 0 saturated heterocycles. The predicted octanol–water partition coefficient (Wildman–Crippen LogP) is 0.549. The lowest BCUT2D eigenvalue weighted by atomic mass is 9.89. The minimum absolute atomic E-state index is 0.0614. The largest absolute Gasteiger partial charge is 0.396 e. The number of allylic oxidation sites excluding steroid dienone is 1. The quantitative estimate of drug-likeness (QED) is 0.552. The molecule has 0 aromatic rings. The van der Waals surface area contributed by atoms with Crippen molar-refractivity contribution in [3.63, 3.8) is 0 Å². The van der Waals surface area contributed by atoms with Crippen LogP contribution in [0.3, 0.4) is 0 Å². The molecule has 0 heterocycles. The topological polar surface area (TPSA) is 60.7 Å². The van der Waals surface area contributed by atoms with E-state index in [0.717, 1.165) is 0 Å². The summed E-state index contributed by atoms with van der Waals surface area (Å²) in [6.07, 6.45) is 2.07. The molecule has 0 saturated carbocycles. The second-order valence-electron chi connectivity index (χ2n) is 3.53. The maximum atomic E-state index is 9.63. The molecule has 3 heteroatoms. The van der Waals surface area contributed by atoms with E-state index in [2.05, 4.69) is 0 Å². The standard InChI is InChI=1S/C10H20O3/c1-4-5-9(12)8(3)10(13)7(2)6-11/h4-5,7-13H,6H2,1-3H3/t7-,8-,9+,10-/m0/s1. The van der Waals surface area contributed by atoms with E-state index < -0.39 is 12.2 Å². The van der Waals surface area contributed by atoms with Crippen LogP contribution in [0, 0.1) is 11.8 Å². The van der Waals surface area contributed by atoms with Crippen molar-refractivity contribution in [2.45, 2.75) is 33.0 Å². The van der Waals surface area contributed by atoms with Crippen molar-refractivity contribution in [1.82, 2.24) is 0 Å². The van der Waals surface area contributed by atoms with Gasteiger partial charge in [0.25, 0.3) is 0 Å². The highest BCUT2D eigenvalue weighted by molar-refractivity contribution is 4.91. The number of hydrogen-bond acceptors (Lipinski definition) is 3. The summed E-state index contributed by atoms with van der Waals surface area (Å²) in [6, 6.07) is 0. The molecule has 78 valence electrons. The first-order valence-electron chi connectivity index (χ1n) is 4.64. The molecule has 0 bridgehead atoms. The lowest BCUT2D eigenvalue weighted by molar-refractivity contribution is -0.00417. The summed E-state index contributed by atoms with van der Waals surface area (Å²) in [5, 5.41) is 27.9. The molecule has 0 radical (unpaired) electrons. The Morgan fingerprint density at radius 2 is 1.77 bits per heavy atom. The normalized spacial score (nSPS) is 21.4. The Hall–Kier alpha value is -0.380. The fourth-order valence-electron chi connectivity index (χ4n) is 1.20. The van der Waals surface area contributed by atoms with Crippen LogP contribution < -0.4 is 0 Å². The summed E-state index contributed by atoms with van der Waals surface area (Å²) in [5.74, 6) is -0.451. The van der Waals surface area contributed by atoms with Gasteiger partial charge in [-0.3, -0.25) is 0 Å². The van der Waals surface area contributed by atoms with Crippen LogP contribution in [0.15, 0.2) is 12.2 Å². The van der Waals surface area contributed by atoms with Gasteiger partial charge in [0.15, 0.2) is 0 Å². The van der Waals surface area contributed by atoms with Crippen molar-refractivity contribution in [3.05, 3.63) is 12.2 Å². The van der Waals surface area contributed by atoms with Crippen LogP contribution in [0.2, 0.25) is 0 Å². The zero-order valence-corrected chi connectivity index (χ0v) is 8.51. The minimum atomic E-state index is -0.670. The average molecular weight is 188 g/mol. The predicted molar refractivity (Wildman–Crippen MR) is 52.2 cm³/mol. The van der Waals surface area contributed by atoms with E-state index in [1.807, 2.05) is 6.92 Å². The molecular weight excluding hydrogens is 168 g/mol. The highest BCUT2D eigenvalue weighted by Gasteiger charge is 2.24. The Bertz CT molecular complexity index is 156. The number of aliphatic hydroxyl groups excluding tert-OH is 3. The van der Waals surface area contributed by atoms with Gasteiger partial charge in [-0.25, -0.2) is 0 Å². The summed E-state index contributed by atoms with van der Waals surface area (Å²) in [5.41, 5.74) is 0. The average Bonchev–Trinajstić information content (AvgIpc) is 2.14. The second-order valence-corrected chi connectivity index (χ2v) is 3.53. The van der Waals surface area contributed by atoms with Crippen molar-refractivity contribution in [2.75, 3.05) is 6.61 Å². The van der Waals surface area contributed by atoms with Crippen LogP contribution in [0.4, 0.5) is 0 Å². The van der Waals surface area contributed by atoms with E-state index >= 15 is 0 Å². The minimum Gasteiger partial charge on any atom is -0.396 e. The van der Waals surface area contributed by atoms with Crippen molar-refractivity contribution in [3.8, 4) is 0 Å². The first-order valence-corrected chi connectivity index (χ1v) is 4.64. The fraction of sp³-hybridized carbons (Fsp3) is 0.800. The van der Waals surface area contributed by atoms with Crippen LogP contribution in [0.5, 0.6) is 0 Å². The smallest absolute Gasteiger partial charge is 0.0771 e. The summed E-state index contributed by atoms with van der Waals surface area (Å²) in [4.78, 5) is 0. The molecule has 4 atom stereocenters. The van der Waals surface area contributed by atoms with Crippen molar-refractivity contribution in [1.29, 1.82) is 0 Å². The summed E-state index contributed by atoms with van der Waals surface area (Å²) in [6.45, 7) is 5.27. The van der Waals surface area contributed by atoms with Gasteiger partial charge in [0.05, 0.1) is 12.2 Å². The van der Waals surface area contributed by atoms with Gasteiger partial charge < -0.3 is 15.3 Å². The summed E-state index contributed by atoms with van der Waals surface area (Å²) < 4.78 is 0. The van der Waals surface area contributed by atoms with E-state index in [4.69, 9.17) is 5.11 Å². The Labute approximate surface area is 79.7 Å². The van der Waals surface area contributed by atoms with Gasteiger partial charge in [-0.2, -0.15) is 0 Å². The van der Waals surface area contributed by atoms with Gasteiger partial charge in [0.1, 0.15) is 0 Å². The van der Waals surface area contributed by atoms with Crippen molar-refractivity contribution >= 4 is 0 Å². The second kappa shape index (κ2) is 6.13. The molecule has 0 spiro atoms. The maximum Gasteiger partial charge on any atom is 0.0771 e. The summed E-state index contributed by atoms with van der Waals surface area (Å²) in [7, 11) is 0. The lowest BCUT2D eigenvalue weighted by Crippen LogP contribution is -2.34. The Kier molecular flexibility index (Phi) is 5.95. The Morgan fingerprint density at radius 1 is 1.23 bits per heavy atom. The Morgan fingerprint density at radius 3 is 2.15 bits per heavy atom. The van der Waals surface area contributed by atoms with Gasteiger partial charge in [0.2, 0.25) is 0 Å². The van der Waals surface area contributed by atoms with E-state index in [-0.39, 0.29) is 18.4 Å². The molecule has 0 aromatic carbocycles. The summed E-state index contributed by atoms with van der Waals surface area (Å²) >= 11 is 0. The molecule has 0 rings (SSSR count). The highest BCUT2D eigenvalue weighted by atomic mass is 16.3. The van der Waals surface area contributed by atoms with Gasteiger partial charge in [-0.15, -0.1) is 0 Å². The highest BCUT2D eigenvalue weighted by Crippen LogP contribution is 2.16. The van der Waals surface area contributed by atoms with E-state index in [1.54, 1.807) is 26.0 Å². The number of aliphatic hydroxyl groups is 3. The zero-order valence-electron chi connectivity index (χ0n) is 8.51. The molecule has 3 nitrogen and oxygen atoms in total. The van der Waals surface area contributed by atoms with Crippen LogP contribution >= 0.6 is 0 Å². The van der Waals surface area contributed by atoms with E-state index in [1.165, 1.54) is 0 Å². The maximum absolute atomic E-state index is 9.63. The molecular formula is C10H20O3. The van der Waals surface area contributed by atoms with Gasteiger partial charge in [0, 0.05) is 18.4 Å². The van der Waals surface area contributed by atoms with Crippen LogP contribution in [-0.2, 0) is 0 Å². The molecule has 0 aliphatic carbocycles. The van der Waals surface area contributed by atoms with Crippen molar-refractivity contribution in [2.24, 2.45) is 11.8 Å². The zero-order chi connectivity index (χ0) is 10.4. The van der Waals surface area contributed by atoms with Gasteiger partial charge in [-0.1, -0.05) is 26.0 Å². The van der Waals surface area contributed by atoms with Crippen LogP contribution in [-0.4, -0.2) is 34.1 Å². The lowest BCUT2D eigenvalue weighted by Gasteiger charge is -2.25. The first-order chi connectivity index (χ1) is 6.04. The van der Waals surface area contributed by atoms with Crippen molar-refractivity contribution < 1.29 is 15.3 Å². The fourth-order valence-corrected chi connectivity index (χ4v) is 1.20. The third kappa shape index (κ3) is 3.89. The van der Waals surface area contributed by atoms with Crippen LogP contribution in [0.1, 0.15) is 20.8 Å².